The number of benzene rings is 3. The molecular weight excluding hydrogens is 416 g/mol. The summed E-state index contributed by atoms with van der Waals surface area (Å²) >= 11 is 0. The van der Waals surface area contributed by atoms with Gasteiger partial charge < -0.3 is 15.2 Å². The minimum atomic E-state index is -0.922. The van der Waals surface area contributed by atoms with E-state index in [0.29, 0.717) is 11.1 Å². The lowest BCUT2D eigenvalue weighted by atomic mass is 9.93. The number of ketones is 1. The number of phenols is 1. The van der Waals surface area contributed by atoms with E-state index in [0.717, 1.165) is 22.0 Å². The maximum absolute atomic E-state index is 13.4. The number of H-pyrrole nitrogens is 1. The number of Topliss-reactive ketones (excluding diaryl/α,β-unsaturated/α-hetero) is 1. The molecule has 3 aromatic carbocycles. The lowest BCUT2D eigenvalue weighted by Gasteiger charge is -2.25. The Bertz CT molecular complexity index is 1460. The normalized spacial score (nSPS) is 17.8. The van der Waals surface area contributed by atoms with Gasteiger partial charge in [-0.1, -0.05) is 48.0 Å². The molecule has 1 unspecified atom stereocenters. The molecule has 2 heterocycles. The van der Waals surface area contributed by atoms with Crippen molar-refractivity contribution in [2.75, 3.05) is 4.90 Å². The van der Waals surface area contributed by atoms with Gasteiger partial charge >= 0.3 is 0 Å². The van der Waals surface area contributed by atoms with Gasteiger partial charge in [0, 0.05) is 28.2 Å². The molecule has 3 N–H and O–H groups in total. The number of aryl methyl sites for hydroxylation is 2. The first-order valence-electron chi connectivity index (χ1n) is 10.6. The number of hydrogen-bond donors (Lipinski definition) is 3. The van der Waals surface area contributed by atoms with Crippen LogP contribution in [0, 0.1) is 13.8 Å². The van der Waals surface area contributed by atoms with Gasteiger partial charge in [0.15, 0.2) is 0 Å². The average Bonchev–Trinajstić information content (AvgIpc) is 3.34. The SMILES string of the molecule is Cc1ccc(C)c(/C(O)=C2\C(=O)C(=O)N(c3ccccc3O)C2c2c[nH]c3ccccc23)c1. The molecule has 0 aliphatic carbocycles. The van der Waals surface area contributed by atoms with Crippen LogP contribution >= 0.6 is 0 Å². The van der Waals surface area contributed by atoms with Crippen molar-refractivity contribution >= 4 is 34.0 Å². The number of nitrogens with one attached hydrogen (secondary N) is 1. The van der Waals surface area contributed by atoms with Crippen molar-refractivity contribution in [3.8, 4) is 5.75 Å². The van der Waals surface area contributed by atoms with E-state index in [1.807, 2.05) is 50.2 Å². The molecule has 164 valence electrons. The molecule has 1 saturated heterocycles. The fourth-order valence-electron chi connectivity index (χ4n) is 4.50. The molecule has 6 heteroatoms. The molecule has 1 aliphatic rings. The van der Waals surface area contributed by atoms with E-state index in [4.69, 9.17) is 0 Å². The summed E-state index contributed by atoms with van der Waals surface area (Å²) in [4.78, 5) is 31.1. The number of rotatable bonds is 3. The van der Waals surface area contributed by atoms with E-state index in [1.54, 1.807) is 30.5 Å². The molecule has 0 spiro atoms. The Kier molecular flexibility index (Phi) is 4.78. The molecule has 0 bridgehead atoms. The van der Waals surface area contributed by atoms with Crippen molar-refractivity contribution in [2.24, 2.45) is 0 Å². The van der Waals surface area contributed by atoms with Gasteiger partial charge in [-0.25, -0.2) is 0 Å². The van der Waals surface area contributed by atoms with Crippen molar-refractivity contribution in [1.82, 2.24) is 4.98 Å². The molecule has 1 aromatic heterocycles. The number of aromatic nitrogens is 1. The summed E-state index contributed by atoms with van der Waals surface area (Å²) in [6.45, 7) is 3.74. The third kappa shape index (κ3) is 3.19. The second-order valence-corrected chi connectivity index (χ2v) is 8.27. The Morgan fingerprint density at radius 1 is 0.970 bits per heavy atom. The Hall–Kier alpha value is -4.32. The number of aliphatic hydroxyl groups is 1. The molecule has 33 heavy (non-hydrogen) atoms. The van der Waals surface area contributed by atoms with E-state index in [9.17, 15) is 19.8 Å². The lowest BCUT2D eigenvalue weighted by Crippen LogP contribution is -2.29. The first-order valence-corrected chi connectivity index (χ1v) is 10.6. The molecule has 6 nitrogen and oxygen atoms in total. The molecule has 1 amide bonds. The predicted molar refractivity (Wildman–Crippen MR) is 127 cm³/mol. The van der Waals surface area contributed by atoms with Gasteiger partial charge in [-0.05, 0) is 43.7 Å². The zero-order valence-corrected chi connectivity index (χ0v) is 18.2. The summed E-state index contributed by atoms with van der Waals surface area (Å²) in [5.74, 6) is -1.97. The number of carbonyl (C=O) groups is 2. The fraction of sp³-hybridized carbons (Fsp3) is 0.111. The minimum Gasteiger partial charge on any atom is -0.507 e. The highest BCUT2D eigenvalue weighted by atomic mass is 16.3. The standard InChI is InChI=1S/C27H22N2O4/c1-15-11-12-16(2)18(13-15)25(31)23-24(19-14-28-20-8-4-3-7-17(19)20)29(27(33)26(23)32)21-9-5-6-10-22(21)30/h3-14,24,28,30-31H,1-2H3/b25-23+. The smallest absolute Gasteiger partial charge is 0.300 e. The van der Waals surface area contributed by atoms with E-state index in [2.05, 4.69) is 4.98 Å². The topological polar surface area (TPSA) is 93.6 Å². The molecule has 0 radical (unpaired) electrons. The maximum atomic E-state index is 13.4. The van der Waals surface area contributed by atoms with Gasteiger partial charge in [-0.2, -0.15) is 0 Å². The third-order valence-corrected chi connectivity index (χ3v) is 6.15. The average molecular weight is 438 g/mol. The first kappa shape index (κ1) is 20.6. The zero-order valence-electron chi connectivity index (χ0n) is 18.2. The predicted octanol–water partition coefficient (Wildman–Crippen LogP) is 5.12. The van der Waals surface area contributed by atoms with Crippen LogP contribution in [0.3, 0.4) is 0 Å². The van der Waals surface area contributed by atoms with Gasteiger partial charge in [0.05, 0.1) is 17.3 Å². The minimum absolute atomic E-state index is 0.0123. The van der Waals surface area contributed by atoms with E-state index < -0.39 is 17.7 Å². The number of aromatic amines is 1. The summed E-state index contributed by atoms with van der Waals surface area (Å²) in [7, 11) is 0. The van der Waals surface area contributed by atoms with Gasteiger partial charge in [0.1, 0.15) is 11.5 Å². The summed E-state index contributed by atoms with van der Waals surface area (Å²) in [5.41, 5.74) is 3.87. The van der Waals surface area contributed by atoms with Crippen LogP contribution in [0.2, 0.25) is 0 Å². The largest absolute Gasteiger partial charge is 0.507 e. The fourth-order valence-corrected chi connectivity index (χ4v) is 4.50. The second kappa shape index (κ2) is 7.67. The Morgan fingerprint density at radius 3 is 2.48 bits per heavy atom. The number of carbonyl (C=O) groups excluding carboxylic acids is 2. The first-order chi connectivity index (χ1) is 15.9. The van der Waals surface area contributed by atoms with Crippen molar-refractivity contribution in [1.29, 1.82) is 0 Å². The van der Waals surface area contributed by atoms with Gasteiger partial charge in [-0.3, -0.25) is 14.5 Å². The van der Waals surface area contributed by atoms with Gasteiger partial charge in [0.2, 0.25) is 0 Å². The van der Waals surface area contributed by atoms with Crippen LogP contribution in [0.1, 0.15) is 28.3 Å². The van der Waals surface area contributed by atoms with Gasteiger partial charge in [-0.15, -0.1) is 0 Å². The Morgan fingerprint density at radius 2 is 1.70 bits per heavy atom. The van der Waals surface area contributed by atoms with Crippen molar-refractivity contribution in [3.05, 3.63) is 101 Å². The summed E-state index contributed by atoms with van der Waals surface area (Å²) < 4.78 is 0. The lowest BCUT2D eigenvalue weighted by molar-refractivity contribution is -0.132. The quantitative estimate of drug-likeness (QED) is 0.235. The molecule has 1 atom stereocenters. The summed E-state index contributed by atoms with van der Waals surface area (Å²) in [5, 5.41) is 22.7. The number of anilines is 1. The van der Waals surface area contributed by atoms with Crippen LogP contribution in [0.15, 0.2) is 78.5 Å². The number of amides is 1. The van der Waals surface area contributed by atoms with Crippen LogP contribution in [0.25, 0.3) is 16.7 Å². The van der Waals surface area contributed by atoms with E-state index >= 15 is 0 Å². The number of aromatic hydroxyl groups is 1. The molecule has 5 rings (SSSR count). The van der Waals surface area contributed by atoms with E-state index in [-0.39, 0.29) is 22.8 Å². The Balaban J connectivity index is 1.83. The van der Waals surface area contributed by atoms with Crippen LogP contribution in [0.5, 0.6) is 5.75 Å². The number of hydrogen-bond acceptors (Lipinski definition) is 4. The number of nitrogens with zero attached hydrogens (tertiary/aromatic N) is 1. The highest BCUT2D eigenvalue weighted by Gasteiger charge is 2.48. The summed E-state index contributed by atoms with van der Waals surface area (Å²) in [6, 6.07) is 18.6. The number of para-hydroxylation sites is 3. The third-order valence-electron chi connectivity index (χ3n) is 6.15. The van der Waals surface area contributed by atoms with Crippen molar-refractivity contribution < 1.29 is 19.8 Å². The maximum Gasteiger partial charge on any atom is 0.300 e. The molecular formula is C27H22N2O4. The Labute approximate surface area is 190 Å². The van der Waals surface area contributed by atoms with Gasteiger partial charge in [0.25, 0.3) is 11.7 Å². The molecule has 0 saturated carbocycles. The highest BCUT2D eigenvalue weighted by molar-refractivity contribution is 6.52. The van der Waals surface area contributed by atoms with Crippen LogP contribution in [-0.4, -0.2) is 26.9 Å². The van der Waals surface area contributed by atoms with Crippen LogP contribution in [-0.2, 0) is 9.59 Å². The second-order valence-electron chi connectivity index (χ2n) is 8.27. The number of phenolic OH excluding ortho intramolecular Hbond substituents is 1. The number of aliphatic hydroxyl groups excluding tert-OH is 1. The van der Waals surface area contributed by atoms with Crippen LogP contribution < -0.4 is 4.90 Å². The van der Waals surface area contributed by atoms with E-state index in [1.165, 1.54) is 11.0 Å². The highest BCUT2D eigenvalue weighted by Crippen LogP contribution is 2.46. The molecule has 1 aliphatic heterocycles. The van der Waals surface area contributed by atoms with Crippen molar-refractivity contribution in [3.63, 3.8) is 0 Å². The zero-order chi connectivity index (χ0) is 23.3. The number of fused-ring (bicyclic) bond motifs is 1. The molecule has 1 fully saturated rings. The van der Waals surface area contributed by atoms with Crippen LogP contribution in [0.4, 0.5) is 5.69 Å². The summed E-state index contributed by atoms with van der Waals surface area (Å²) in [6.07, 6.45) is 1.74. The van der Waals surface area contributed by atoms with Crippen molar-refractivity contribution in [2.45, 2.75) is 19.9 Å². The monoisotopic (exact) mass is 438 g/mol. The molecule has 4 aromatic rings.